The van der Waals surface area contributed by atoms with E-state index in [0.717, 1.165) is 60.2 Å². The van der Waals surface area contributed by atoms with Gasteiger partial charge in [-0.25, -0.2) is 0 Å². The summed E-state index contributed by atoms with van der Waals surface area (Å²) in [6.45, 7) is 3.76. The first kappa shape index (κ1) is 25.4. The number of nitrogens with zero attached hydrogens (tertiary/aromatic N) is 3. The van der Waals surface area contributed by atoms with Crippen LogP contribution in [0.5, 0.6) is 17.2 Å². The molecular formula is C31H39N3O3. The lowest BCUT2D eigenvalue weighted by Gasteiger charge is -2.29. The molecule has 3 aromatic rings. The van der Waals surface area contributed by atoms with Crippen LogP contribution < -0.4 is 19.1 Å². The van der Waals surface area contributed by atoms with E-state index < -0.39 is 0 Å². The Bertz CT molecular complexity index is 1120. The van der Waals surface area contributed by atoms with E-state index in [1.807, 2.05) is 24.5 Å². The summed E-state index contributed by atoms with van der Waals surface area (Å²) in [5.41, 5.74) is 3.28. The summed E-state index contributed by atoms with van der Waals surface area (Å²) in [6, 6.07) is 18.7. The van der Waals surface area contributed by atoms with Gasteiger partial charge >= 0.3 is 0 Å². The highest BCUT2D eigenvalue weighted by molar-refractivity contribution is 5.67. The standard InChI is InChI=1S/C31H39N3O3/c1-33-18-6-8-25(21-33)23-36-28-14-11-26(12-15-28)34(22-24-7-5-17-32-20-24)27-13-16-30(35-2)31(19-27)37-29-9-3-4-10-29/h5,7,11-17,19-20,25,29H,3-4,6,8-10,18,21-23H2,1-2H3. The lowest BCUT2D eigenvalue weighted by Crippen LogP contribution is -2.34. The number of piperidine rings is 1. The highest BCUT2D eigenvalue weighted by atomic mass is 16.5. The number of rotatable bonds is 10. The van der Waals surface area contributed by atoms with Crippen LogP contribution in [0.4, 0.5) is 11.4 Å². The molecule has 0 amide bonds. The third-order valence-electron chi connectivity index (χ3n) is 7.47. The van der Waals surface area contributed by atoms with E-state index in [0.29, 0.717) is 12.5 Å². The molecule has 0 N–H and O–H groups in total. The van der Waals surface area contributed by atoms with Gasteiger partial charge in [-0.05, 0) is 100 Å². The van der Waals surface area contributed by atoms with Crippen molar-refractivity contribution < 1.29 is 14.2 Å². The predicted octanol–water partition coefficient (Wildman–Crippen LogP) is 6.47. The van der Waals surface area contributed by atoms with E-state index in [1.165, 1.54) is 32.2 Å². The SMILES string of the molecule is COc1ccc(N(Cc2cccnc2)c2ccc(OCC3CCCN(C)C3)cc2)cc1OC1CCCC1. The van der Waals surface area contributed by atoms with Gasteiger partial charge in [0.1, 0.15) is 5.75 Å². The Labute approximate surface area is 221 Å². The van der Waals surface area contributed by atoms with Crippen LogP contribution in [0.2, 0.25) is 0 Å². The molecule has 5 rings (SSSR count). The first-order valence-electron chi connectivity index (χ1n) is 13.6. The molecule has 2 aliphatic rings. The van der Waals surface area contributed by atoms with E-state index in [4.69, 9.17) is 14.2 Å². The number of anilines is 2. The number of methoxy groups -OCH3 is 1. The van der Waals surface area contributed by atoms with Crippen molar-refractivity contribution in [2.45, 2.75) is 51.2 Å². The zero-order valence-corrected chi connectivity index (χ0v) is 22.1. The molecule has 196 valence electrons. The Morgan fingerprint density at radius 1 is 0.946 bits per heavy atom. The normalized spacial score (nSPS) is 18.5. The van der Waals surface area contributed by atoms with Gasteiger partial charge in [0.15, 0.2) is 11.5 Å². The molecule has 1 saturated carbocycles. The molecule has 0 radical (unpaired) electrons. The fraction of sp³-hybridized carbons (Fsp3) is 0.452. The Hall–Kier alpha value is -3.25. The van der Waals surface area contributed by atoms with Crippen molar-refractivity contribution in [3.8, 4) is 17.2 Å². The Balaban J connectivity index is 1.36. The smallest absolute Gasteiger partial charge is 0.163 e. The largest absolute Gasteiger partial charge is 0.493 e. The summed E-state index contributed by atoms with van der Waals surface area (Å²) in [5, 5.41) is 0. The summed E-state index contributed by atoms with van der Waals surface area (Å²) in [7, 11) is 3.90. The molecule has 2 aromatic carbocycles. The molecule has 0 bridgehead atoms. The third-order valence-corrected chi connectivity index (χ3v) is 7.47. The van der Waals surface area contributed by atoms with Crippen LogP contribution in [0.15, 0.2) is 67.0 Å². The van der Waals surface area contributed by atoms with E-state index in [9.17, 15) is 0 Å². The molecule has 1 aliphatic heterocycles. The van der Waals surface area contributed by atoms with Gasteiger partial charge in [-0.3, -0.25) is 4.98 Å². The highest BCUT2D eigenvalue weighted by Crippen LogP contribution is 2.38. The quantitative estimate of drug-likeness (QED) is 0.317. The molecule has 1 unspecified atom stereocenters. The summed E-state index contributed by atoms with van der Waals surface area (Å²) in [4.78, 5) is 9.02. The van der Waals surface area contributed by atoms with Gasteiger partial charge < -0.3 is 24.0 Å². The fourth-order valence-corrected chi connectivity index (χ4v) is 5.46. The first-order valence-corrected chi connectivity index (χ1v) is 13.6. The predicted molar refractivity (Wildman–Crippen MR) is 148 cm³/mol. The van der Waals surface area contributed by atoms with E-state index in [1.54, 1.807) is 7.11 Å². The minimum atomic E-state index is 0.260. The maximum absolute atomic E-state index is 6.40. The zero-order chi connectivity index (χ0) is 25.5. The number of pyridine rings is 1. The maximum atomic E-state index is 6.40. The molecule has 2 heterocycles. The number of hydrogen-bond donors (Lipinski definition) is 0. The van der Waals surface area contributed by atoms with Gasteiger partial charge in [-0.15, -0.1) is 0 Å². The van der Waals surface area contributed by atoms with Gasteiger partial charge in [-0.2, -0.15) is 0 Å². The number of likely N-dealkylation sites (tertiary alicyclic amines) is 1. The topological polar surface area (TPSA) is 47.1 Å². The van der Waals surface area contributed by atoms with Crippen molar-refractivity contribution in [3.63, 3.8) is 0 Å². The Morgan fingerprint density at radius 3 is 2.49 bits per heavy atom. The van der Waals surface area contributed by atoms with Gasteiger partial charge in [-0.1, -0.05) is 6.07 Å². The first-order chi connectivity index (χ1) is 18.2. The molecule has 1 aliphatic carbocycles. The Kier molecular flexibility index (Phi) is 8.46. The minimum Gasteiger partial charge on any atom is -0.493 e. The van der Waals surface area contributed by atoms with Crippen LogP contribution in [0.25, 0.3) is 0 Å². The lowest BCUT2D eigenvalue weighted by molar-refractivity contribution is 0.150. The second kappa shape index (κ2) is 12.3. The van der Waals surface area contributed by atoms with Crippen molar-refractivity contribution in [3.05, 3.63) is 72.6 Å². The number of aromatic nitrogens is 1. The van der Waals surface area contributed by atoms with Crippen molar-refractivity contribution in [1.82, 2.24) is 9.88 Å². The monoisotopic (exact) mass is 501 g/mol. The van der Waals surface area contributed by atoms with Crippen molar-refractivity contribution >= 4 is 11.4 Å². The van der Waals surface area contributed by atoms with Crippen LogP contribution in [0.3, 0.4) is 0 Å². The third kappa shape index (κ3) is 6.75. The maximum Gasteiger partial charge on any atom is 0.163 e. The molecule has 0 spiro atoms. The number of hydrogen-bond acceptors (Lipinski definition) is 6. The van der Waals surface area contributed by atoms with Crippen molar-refractivity contribution in [1.29, 1.82) is 0 Å². The fourth-order valence-electron chi connectivity index (χ4n) is 5.46. The van der Waals surface area contributed by atoms with Gasteiger partial charge in [0, 0.05) is 48.8 Å². The summed E-state index contributed by atoms with van der Waals surface area (Å²) in [6.07, 6.45) is 11.1. The second-order valence-electron chi connectivity index (χ2n) is 10.4. The molecule has 2 fully saturated rings. The average Bonchev–Trinajstić information content (AvgIpc) is 3.45. The molecule has 6 heteroatoms. The van der Waals surface area contributed by atoms with Gasteiger partial charge in [0.2, 0.25) is 0 Å². The molecule has 1 aromatic heterocycles. The summed E-state index contributed by atoms with van der Waals surface area (Å²) in [5.74, 6) is 3.09. The van der Waals surface area contributed by atoms with E-state index >= 15 is 0 Å². The molecule has 1 saturated heterocycles. The zero-order valence-electron chi connectivity index (χ0n) is 22.1. The van der Waals surface area contributed by atoms with E-state index in [2.05, 4.69) is 64.3 Å². The highest BCUT2D eigenvalue weighted by Gasteiger charge is 2.21. The molecule has 6 nitrogen and oxygen atoms in total. The van der Waals surface area contributed by atoms with Crippen LogP contribution in [0, 0.1) is 5.92 Å². The lowest BCUT2D eigenvalue weighted by atomic mass is 10.00. The van der Waals surface area contributed by atoms with E-state index in [-0.39, 0.29) is 6.10 Å². The Morgan fingerprint density at radius 2 is 1.76 bits per heavy atom. The van der Waals surface area contributed by atoms with Crippen LogP contribution >= 0.6 is 0 Å². The van der Waals surface area contributed by atoms with Crippen LogP contribution in [-0.2, 0) is 6.54 Å². The molecule has 1 atom stereocenters. The van der Waals surface area contributed by atoms with Crippen LogP contribution in [0.1, 0.15) is 44.1 Å². The second-order valence-corrected chi connectivity index (χ2v) is 10.4. The molecular weight excluding hydrogens is 462 g/mol. The minimum absolute atomic E-state index is 0.260. The average molecular weight is 502 g/mol. The van der Waals surface area contributed by atoms with Crippen molar-refractivity contribution in [2.24, 2.45) is 5.92 Å². The van der Waals surface area contributed by atoms with Gasteiger partial charge in [0.05, 0.1) is 19.8 Å². The molecule has 37 heavy (non-hydrogen) atoms. The van der Waals surface area contributed by atoms with Crippen molar-refractivity contribution in [2.75, 3.05) is 38.8 Å². The van der Waals surface area contributed by atoms with Gasteiger partial charge in [0.25, 0.3) is 0 Å². The summed E-state index contributed by atoms with van der Waals surface area (Å²) < 4.78 is 18.2. The number of benzene rings is 2. The number of ether oxygens (including phenoxy) is 3. The van der Waals surface area contributed by atoms with Crippen LogP contribution in [-0.4, -0.2) is 49.8 Å². The summed E-state index contributed by atoms with van der Waals surface area (Å²) >= 11 is 0.